The lowest BCUT2D eigenvalue weighted by atomic mass is 10.1. The molecular weight excluding hydrogens is 475 g/mol. The van der Waals surface area contributed by atoms with Crippen molar-refractivity contribution < 1.29 is 14.0 Å². The lowest BCUT2D eigenvalue weighted by Gasteiger charge is -2.36. The van der Waals surface area contributed by atoms with Gasteiger partial charge in [0.2, 0.25) is 0 Å². The fourth-order valence-corrected chi connectivity index (χ4v) is 4.23. The van der Waals surface area contributed by atoms with Gasteiger partial charge in [0.1, 0.15) is 5.82 Å². The smallest absolute Gasteiger partial charge is 0.257 e. The molecule has 2 N–H and O–H groups in total. The van der Waals surface area contributed by atoms with Crippen LogP contribution in [0.1, 0.15) is 20.7 Å². The number of halogens is 2. The molecule has 0 bridgehead atoms. The summed E-state index contributed by atoms with van der Waals surface area (Å²) in [6.07, 6.45) is 0. The van der Waals surface area contributed by atoms with Crippen molar-refractivity contribution in [2.45, 2.75) is 0 Å². The molecule has 9 heteroatoms. The van der Waals surface area contributed by atoms with Crippen LogP contribution < -0.4 is 15.5 Å². The van der Waals surface area contributed by atoms with E-state index in [9.17, 15) is 14.0 Å². The standard InChI is InChI=1S/C25H22ClFN4O2S/c26-21-16-20(28-25(34)29-23(32)18-7-4-8-19(27)15-18)9-10-22(21)30-11-13-31(14-12-30)24(33)17-5-2-1-3-6-17/h1-10,15-16H,11-14H2,(H2,28,29,32,34). The highest BCUT2D eigenvalue weighted by Crippen LogP contribution is 2.30. The third kappa shape index (κ3) is 5.70. The van der Waals surface area contributed by atoms with Crippen molar-refractivity contribution in [1.29, 1.82) is 0 Å². The van der Waals surface area contributed by atoms with Crippen LogP contribution >= 0.6 is 23.8 Å². The molecule has 3 aromatic rings. The summed E-state index contributed by atoms with van der Waals surface area (Å²) in [4.78, 5) is 28.8. The van der Waals surface area contributed by atoms with Crippen molar-refractivity contribution in [2.24, 2.45) is 0 Å². The summed E-state index contributed by atoms with van der Waals surface area (Å²) < 4.78 is 13.3. The van der Waals surface area contributed by atoms with Crippen LogP contribution in [0, 0.1) is 5.82 Å². The van der Waals surface area contributed by atoms with Crippen LogP contribution in [0.25, 0.3) is 0 Å². The quantitative estimate of drug-likeness (QED) is 0.518. The molecule has 6 nitrogen and oxygen atoms in total. The number of hydrogen-bond acceptors (Lipinski definition) is 4. The second-order valence-electron chi connectivity index (χ2n) is 7.73. The first-order chi connectivity index (χ1) is 16.4. The Kier molecular flexibility index (Phi) is 7.40. The zero-order valence-electron chi connectivity index (χ0n) is 18.1. The molecule has 0 aromatic heterocycles. The number of benzene rings is 3. The van der Waals surface area contributed by atoms with Gasteiger partial charge in [-0.15, -0.1) is 0 Å². The van der Waals surface area contributed by atoms with Gasteiger partial charge >= 0.3 is 0 Å². The van der Waals surface area contributed by atoms with E-state index in [0.717, 1.165) is 11.8 Å². The summed E-state index contributed by atoms with van der Waals surface area (Å²) in [5.74, 6) is -0.985. The molecule has 0 radical (unpaired) electrons. The Hall–Kier alpha value is -3.49. The lowest BCUT2D eigenvalue weighted by Crippen LogP contribution is -2.48. The van der Waals surface area contributed by atoms with E-state index in [1.165, 1.54) is 18.2 Å². The Morgan fingerprint density at radius 2 is 1.59 bits per heavy atom. The van der Waals surface area contributed by atoms with Crippen molar-refractivity contribution >= 4 is 52.1 Å². The number of anilines is 2. The van der Waals surface area contributed by atoms with Gasteiger partial charge in [-0.3, -0.25) is 14.9 Å². The van der Waals surface area contributed by atoms with Gasteiger partial charge in [-0.25, -0.2) is 4.39 Å². The number of piperazine rings is 1. The fraction of sp³-hybridized carbons (Fsp3) is 0.160. The van der Waals surface area contributed by atoms with E-state index in [0.29, 0.717) is 42.5 Å². The average Bonchev–Trinajstić information content (AvgIpc) is 2.84. The number of carbonyl (C=O) groups excluding carboxylic acids is 2. The van der Waals surface area contributed by atoms with Gasteiger partial charge in [0.05, 0.1) is 10.7 Å². The van der Waals surface area contributed by atoms with E-state index in [4.69, 9.17) is 23.8 Å². The molecule has 0 atom stereocenters. The second kappa shape index (κ2) is 10.6. The van der Waals surface area contributed by atoms with Crippen molar-refractivity contribution in [3.05, 3.63) is 94.8 Å². The number of hydrogen-bond donors (Lipinski definition) is 2. The van der Waals surface area contributed by atoms with Gasteiger partial charge in [-0.05, 0) is 60.7 Å². The highest BCUT2D eigenvalue weighted by Gasteiger charge is 2.23. The Morgan fingerprint density at radius 3 is 2.26 bits per heavy atom. The minimum atomic E-state index is -0.511. The van der Waals surface area contributed by atoms with Crippen LogP contribution in [0.5, 0.6) is 0 Å². The zero-order chi connectivity index (χ0) is 24.1. The van der Waals surface area contributed by atoms with Gasteiger partial charge in [0.25, 0.3) is 11.8 Å². The van der Waals surface area contributed by atoms with Gasteiger partial charge in [0, 0.05) is 43.0 Å². The number of rotatable bonds is 4. The van der Waals surface area contributed by atoms with E-state index in [-0.39, 0.29) is 16.6 Å². The number of nitrogens with zero attached hydrogens (tertiary/aromatic N) is 2. The SMILES string of the molecule is O=C(NC(=S)Nc1ccc(N2CCN(C(=O)c3ccccc3)CC2)c(Cl)c1)c1cccc(F)c1. The third-order valence-electron chi connectivity index (χ3n) is 5.45. The molecule has 1 aliphatic heterocycles. The van der Waals surface area contributed by atoms with Crippen LogP contribution in [0.4, 0.5) is 15.8 Å². The molecule has 1 fully saturated rings. The number of carbonyl (C=O) groups is 2. The Balaban J connectivity index is 1.33. The molecule has 1 saturated heterocycles. The van der Waals surface area contributed by atoms with Gasteiger partial charge < -0.3 is 15.1 Å². The van der Waals surface area contributed by atoms with Gasteiger partial charge in [0.15, 0.2) is 5.11 Å². The maximum absolute atomic E-state index is 13.3. The van der Waals surface area contributed by atoms with Crippen LogP contribution in [-0.4, -0.2) is 48.0 Å². The van der Waals surface area contributed by atoms with E-state index < -0.39 is 11.7 Å². The van der Waals surface area contributed by atoms with E-state index in [1.54, 1.807) is 6.07 Å². The van der Waals surface area contributed by atoms with Gasteiger partial charge in [-0.2, -0.15) is 0 Å². The minimum absolute atomic E-state index is 0.0275. The first-order valence-corrected chi connectivity index (χ1v) is 11.5. The molecule has 34 heavy (non-hydrogen) atoms. The topological polar surface area (TPSA) is 64.7 Å². The molecule has 0 saturated carbocycles. The van der Waals surface area contributed by atoms with E-state index >= 15 is 0 Å². The van der Waals surface area contributed by atoms with Crippen LogP contribution in [0.3, 0.4) is 0 Å². The predicted molar refractivity (Wildman–Crippen MR) is 136 cm³/mol. The number of thiocarbonyl (C=S) groups is 1. The van der Waals surface area contributed by atoms with Crippen LogP contribution in [-0.2, 0) is 0 Å². The monoisotopic (exact) mass is 496 g/mol. The maximum Gasteiger partial charge on any atom is 0.257 e. The number of nitrogens with one attached hydrogen (secondary N) is 2. The molecule has 0 spiro atoms. The lowest BCUT2D eigenvalue weighted by molar-refractivity contribution is 0.0746. The minimum Gasteiger partial charge on any atom is -0.367 e. The molecule has 2 amide bonds. The van der Waals surface area contributed by atoms with Gasteiger partial charge in [-0.1, -0.05) is 35.9 Å². The maximum atomic E-state index is 13.3. The summed E-state index contributed by atoms with van der Waals surface area (Å²) in [6.45, 7) is 2.51. The normalized spacial score (nSPS) is 13.4. The second-order valence-corrected chi connectivity index (χ2v) is 8.55. The zero-order valence-corrected chi connectivity index (χ0v) is 19.7. The molecule has 1 heterocycles. The molecule has 1 aliphatic rings. The highest BCUT2D eigenvalue weighted by molar-refractivity contribution is 7.80. The summed E-state index contributed by atoms with van der Waals surface area (Å²) in [7, 11) is 0. The predicted octanol–water partition coefficient (Wildman–Crippen LogP) is 4.57. The van der Waals surface area contributed by atoms with Crippen molar-refractivity contribution in [2.75, 3.05) is 36.4 Å². The molecule has 4 rings (SSSR count). The first-order valence-electron chi connectivity index (χ1n) is 10.7. The summed E-state index contributed by atoms with van der Waals surface area (Å²) in [5.41, 5.74) is 2.32. The van der Waals surface area contributed by atoms with Crippen LogP contribution in [0.2, 0.25) is 5.02 Å². The summed E-state index contributed by atoms with van der Waals surface area (Å²) >= 11 is 11.7. The largest absolute Gasteiger partial charge is 0.367 e. The van der Waals surface area contributed by atoms with Crippen molar-refractivity contribution in [3.63, 3.8) is 0 Å². The molecule has 0 unspecified atom stereocenters. The highest BCUT2D eigenvalue weighted by atomic mass is 35.5. The Morgan fingerprint density at radius 1 is 0.882 bits per heavy atom. The van der Waals surface area contributed by atoms with Crippen molar-refractivity contribution in [3.8, 4) is 0 Å². The fourth-order valence-electron chi connectivity index (χ4n) is 3.72. The van der Waals surface area contributed by atoms with Crippen molar-refractivity contribution in [1.82, 2.24) is 10.2 Å². The number of amides is 2. The molecule has 0 aliphatic carbocycles. The summed E-state index contributed by atoms with van der Waals surface area (Å²) in [6, 6.07) is 20.0. The van der Waals surface area contributed by atoms with E-state index in [2.05, 4.69) is 15.5 Å². The Labute approximate surface area is 207 Å². The summed E-state index contributed by atoms with van der Waals surface area (Å²) in [5, 5.41) is 6.04. The van der Waals surface area contributed by atoms with E-state index in [1.807, 2.05) is 47.4 Å². The Bertz CT molecular complexity index is 1220. The first kappa shape index (κ1) is 23.7. The van der Waals surface area contributed by atoms with Crippen LogP contribution in [0.15, 0.2) is 72.8 Å². The third-order valence-corrected chi connectivity index (χ3v) is 5.95. The molecular formula is C25H22ClFN4O2S. The average molecular weight is 497 g/mol. The molecule has 174 valence electrons. The molecule has 3 aromatic carbocycles.